The number of nitrogens with one attached hydrogen (secondary N) is 1. The van der Waals surface area contributed by atoms with Crippen LogP contribution in [0.25, 0.3) is 0 Å². The molecule has 1 atom stereocenters. The molecule has 1 N–H and O–H groups in total. The molecule has 0 saturated heterocycles. The zero-order chi connectivity index (χ0) is 13.8. The van der Waals surface area contributed by atoms with Gasteiger partial charge in [0.25, 0.3) is 0 Å². The smallest absolute Gasteiger partial charge is 0.0510 e. The molecule has 1 aliphatic rings. The highest BCUT2D eigenvalue weighted by molar-refractivity contribution is 5.39. The van der Waals surface area contributed by atoms with Gasteiger partial charge in [-0.25, -0.2) is 0 Å². The first kappa shape index (κ1) is 13.3. The van der Waals surface area contributed by atoms with E-state index in [0.29, 0.717) is 5.92 Å². The van der Waals surface area contributed by atoms with E-state index in [1.807, 2.05) is 12.3 Å². The first-order chi connectivity index (χ1) is 9.88. The van der Waals surface area contributed by atoms with Crippen LogP contribution in [0.2, 0.25) is 0 Å². The van der Waals surface area contributed by atoms with Crippen molar-refractivity contribution in [3.8, 4) is 0 Å². The van der Waals surface area contributed by atoms with Gasteiger partial charge in [0, 0.05) is 18.7 Å². The third-order valence-corrected chi connectivity index (χ3v) is 4.07. The molecular formula is C18H22N2. The Balaban J connectivity index is 1.79. The topological polar surface area (TPSA) is 24.9 Å². The van der Waals surface area contributed by atoms with Crippen molar-refractivity contribution in [2.24, 2.45) is 0 Å². The molecule has 20 heavy (non-hydrogen) atoms. The molecule has 1 aromatic carbocycles. The minimum absolute atomic E-state index is 0.484. The van der Waals surface area contributed by atoms with E-state index in [1.54, 1.807) is 0 Å². The number of fused-ring (bicyclic) bond motifs is 1. The zero-order valence-corrected chi connectivity index (χ0v) is 12.1. The molecule has 3 rings (SSSR count). The predicted molar refractivity (Wildman–Crippen MR) is 82.8 cm³/mol. The van der Waals surface area contributed by atoms with Crippen LogP contribution in [0.15, 0.2) is 42.6 Å². The number of benzene rings is 1. The van der Waals surface area contributed by atoms with Crippen LogP contribution in [0.4, 0.5) is 0 Å². The van der Waals surface area contributed by atoms with Gasteiger partial charge in [-0.2, -0.15) is 0 Å². The van der Waals surface area contributed by atoms with E-state index >= 15 is 0 Å². The molecule has 2 aromatic rings. The number of nitrogens with zero attached hydrogens (tertiary/aromatic N) is 1. The lowest BCUT2D eigenvalue weighted by Gasteiger charge is -2.13. The van der Waals surface area contributed by atoms with Crippen molar-refractivity contribution in [1.29, 1.82) is 0 Å². The SMILES string of the molecule is CCCNCc1cccc(C2CCc3cccnc32)c1. The van der Waals surface area contributed by atoms with Crippen molar-refractivity contribution in [1.82, 2.24) is 10.3 Å². The first-order valence-corrected chi connectivity index (χ1v) is 7.62. The highest BCUT2D eigenvalue weighted by atomic mass is 14.8. The summed E-state index contributed by atoms with van der Waals surface area (Å²) in [5.41, 5.74) is 5.50. The summed E-state index contributed by atoms with van der Waals surface area (Å²) in [6, 6.07) is 13.2. The summed E-state index contributed by atoms with van der Waals surface area (Å²) < 4.78 is 0. The van der Waals surface area contributed by atoms with Crippen molar-refractivity contribution in [3.05, 3.63) is 65.0 Å². The van der Waals surface area contributed by atoms with E-state index < -0.39 is 0 Å². The van der Waals surface area contributed by atoms with Crippen LogP contribution in [-0.4, -0.2) is 11.5 Å². The summed E-state index contributed by atoms with van der Waals surface area (Å²) in [4.78, 5) is 4.61. The molecule has 0 fully saturated rings. The number of hydrogen-bond donors (Lipinski definition) is 1. The summed E-state index contributed by atoms with van der Waals surface area (Å²) in [7, 11) is 0. The lowest BCUT2D eigenvalue weighted by molar-refractivity contribution is 0.673. The second kappa shape index (κ2) is 6.19. The number of hydrogen-bond acceptors (Lipinski definition) is 2. The van der Waals surface area contributed by atoms with Gasteiger partial charge < -0.3 is 5.32 Å². The van der Waals surface area contributed by atoms with Crippen molar-refractivity contribution in [2.45, 2.75) is 38.6 Å². The van der Waals surface area contributed by atoms with Crippen LogP contribution < -0.4 is 5.32 Å². The number of aryl methyl sites for hydroxylation is 1. The fourth-order valence-electron chi connectivity index (χ4n) is 3.07. The molecule has 1 heterocycles. The van der Waals surface area contributed by atoms with Crippen molar-refractivity contribution in [2.75, 3.05) is 6.54 Å². The van der Waals surface area contributed by atoms with E-state index in [2.05, 4.69) is 47.6 Å². The van der Waals surface area contributed by atoms with E-state index in [1.165, 1.54) is 35.2 Å². The highest BCUT2D eigenvalue weighted by Gasteiger charge is 2.24. The lowest BCUT2D eigenvalue weighted by atomic mass is 9.95. The summed E-state index contributed by atoms with van der Waals surface area (Å²) in [5.74, 6) is 0.484. The Hall–Kier alpha value is -1.67. The Labute approximate surface area is 121 Å². The predicted octanol–water partition coefficient (Wildman–Crippen LogP) is 3.66. The number of rotatable bonds is 5. The van der Waals surface area contributed by atoms with Gasteiger partial charge in [-0.15, -0.1) is 0 Å². The van der Waals surface area contributed by atoms with Gasteiger partial charge in [0.05, 0.1) is 5.69 Å². The molecule has 0 radical (unpaired) electrons. The quantitative estimate of drug-likeness (QED) is 0.835. The van der Waals surface area contributed by atoms with Crippen LogP contribution in [-0.2, 0) is 13.0 Å². The molecule has 1 aromatic heterocycles. The molecule has 104 valence electrons. The maximum Gasteiger partial charge on any atom is 0.0510 e. The molecule has 2 nitrogen and oxygen atoms in total. The van der Waals surface area contributed by atoms with E-state index in [0.717, 1.165) is 19.5 Å². The number of aromatic nitrogens is 1. The first-order valence-electron chi connectivity index (χ1n) is 7.62. The van der Waals surface area contributed by atoms with Crippen LogP contribution in [0, 0.1) is 0 Å². The maximum atomic E-state index is 4.61. The Morgan fingerprint density at radius 2 is 2.20 bits per heavy atom. The molecule has 0 bridgehead atoms. The van der Waals surface area contributed by atoms with Gasteiger partial charge in [0.2, 0.25) is 0 Å². The average Bonchev–Trinajstić information content (AvgIpc) is 2.92. The zero-order valence-electron chi connectivity index (χ0n) is 12.1. The summed E-state index contributed by atoms with van der Waals surface area (Å²) >= 11 is 0. The van der Waals surface area contributed by atoms with Gasteiger partial charge in [-0.1, -0.05) is 37.3 Å². The molecule has 0 amide bonds. The second-order valence-electron chi connectivity index (χ2n) is 5.56. The Kier molecular flexibility index (Phi) is 4.12. The molecule has 2 heteroatoms. The van der Waals surface area contributed by atoms with E-state index in [-0.39, 0.29) is 0 Å². The molecule has 1 unspecified atom stereocenters. The van der Waals surface area contributed by atoms with Gasteiger partial charge in [-0.3, -0.25) is 4.98 Å². The van der Waals surface area contributed by atoms with Crippen molar-refractivity contribution in [3.63, 3.8) is 0 Å². The van der Waals surface area contributed by atoms with Gasteiger partial charge >= 0.3 is 0 Å². The Morgan fingerprint density at radius 3 is 3.10 bits per heavy atom. The van der Waals surface area contributed by atoms with Crippen LogP contribution in [0.5, 0.6) is 0 Å². The molecule has 0 saturated carbocycles. The highest BCUT2D eigenvalue weighted by Crippen LogP contribution is 2.36. The largest absolute Gasteiger partial charge is 0.313 e. The van der Waals surface area contributed by atoms with Gasteiger partial charge in [-0.05, 0) is 48.6 Å². The monoisotopic (exact) mass is 266 g/mol. The third kappa shape index (κ3) is 2.75. The second-order valence-corrected chi connectivity index (χ2v) is 5.56. The van der Waals surface area contributed by atoms with E-state index in [4.69, 9.17) is 0 Å². The van der Waals surface area contributed by atoms with Gasteiger partial charge in [0.1, 0.15) is 0 Å². The minimum atomic E-state index is 0.484. The van der Waals surface area contributed by atoms with Crippen LogP contribution >= 0.6 is 0 Å². The average molecular weight is 266 g/mol. The van der Waals surface area contributed by atoms with Crippen LogP contribution in [0.1, 0.15) is 48.1 Å². The summed E-state index contributed by atoms with van der Waals surface area (Å²) in [6.45, 7) is 4.24. The molecule has 0 spiro atoms. The number of pyridine rings is 1. The Morgan fingerprint density at radius 1 is 1.25 bits per heavy atom. The third-order valence-electron chi connectivity index (χ3n) is 4.07. The fourth-order valence-corrected chi connectivity index (χ4v) is 3.07. The minimum Gasteiger partial charge on any atom is -0.313 e. The summed E-state index contributed by atoms with van der Waals surface area (Å²) in [6.07, 6.45) is 5.45. The fraction of sp³-hybridized carbons (Fsp3) is 0.389. The normalized spacial score (nSPS) is 17.1. The van der Waals surface area contributed by atoms with Gasteiger partial charge in [0.15, 0.2) is 0 Å². The standard InChI is InChI=1S/C18H22N2/c1-2-10-19-13-14-5-3-6-16(12-14)17-9-8-15-7-4-11-20-18(15)17/h3-7,11-12,17,19H,2,8-10,13H2,1H3. The van der Waals surface area contributed by atoms with Crippen molar-refractivity contribution >= 4 is 0 Å². The van der Waals surface area contributed by atoms with Crippen LogP contribution in [0.3, 0.4) is 0 Å². The lowest BCUT2D eigenvalue weighted by Crippen LogP contribution is -2.14. The Bertz CT molecular complexity index is 577. The van der Waals surface area contributed by atoms with E-state index in [9.17, 15) is 0 Å². The molecule has 0 aliphatic heterocycles. The molecule has 1 aliphatic carbocycles. The van der Waals surface area contributed by atoms with Crippen molar-refractivity contribution < 1.29 is 0 Å². The molecular weight excluding hydrogens is 244 g/mol. The maximum absolute atomic E-state index is 4.61. The summed E-state index contributed by atoms with van der Waals surface area (Å²) in [5, 5.41) is 3.47.